The summed E-state index contributed by atoms with van der Waals surface area (Å²) in [6.45, 7) is 4.08. The van der Waals surface area contributed by atoms with E-state index >= 15 is 0 Å². The van der Waals surface area contributed by atoms with Crippen molar-refractivity contribution in [2.75, 3.05) is 7.11 Å². The third-order valence-corrected chi connectivity index (χ3v) is 4.82. The van der Waals surface area contributed by atoms with Gasteiger partial charge in [0.25, 0.3) is 0 Å². The fourth-order valence-corrected chi connectivity index (χ4v) is 3.43. The number of carboxylic acids is 1. The van der Waals surface area contributed by atoms with Crippen LogP contribution in [-0.4, -0.2) is 23.8 Å². The predicted molar refractivity (Wildman–Crippen MR) is 83.6 cm³/mol. The minimum Gasteiger partial charge on any atom is -0.481 e. The zero-order valence-corrected chi connectivity index (χ0v) is 13.3. The molecule has 0 aliphatic heterocycles. The third kappa shape index (κ3) is 3.29. The molecule has 0 amide bonds. The molecule has 0 unspecified atom stereocenters. The molecule has 3 nitrogen and oxygen atoms in total. The Morgan fingerprint density at radius 1 is 1.24 bits per heavy atom. The van der Waals surface area contributed by atoms with E-state index in [1.165, 1.54) is 0 Å². The Labute approximate surface area is 127 Å². The van der Waals surface area contributed by atoms with Crippen molar-refractivity contribution in [2.45, 2.75) is 63.4 Å². The van der Waals surface area contributed by atoms with Gasteiger partial charge >= 0.3 is 5.97 Å². The van der Waals surface area contributed by atoms with Gasteiger partial charge in [-0.3, -0.25) is 4.79 Å². The second-order valence-corrected chi connectivity index (χ2v) is 6.75. The first-order chi connectivity index (χ1) is 9.91. The van der Waals surface area contributed by atoms with E-state index in [9.17, 15) is 9.90 Å². The number of benzene rings is 1. The van der Waals surface area contributed by atoms with E-state index in [-0.39, 0.29) is 5.60 Å². The van der Waals surface area contributed by atoms with Crippen molar-refractivity contribution < 1.29 is 14.6 Å². The molecule has 0 spiro atoms. The van der Waals surface area contributed by atoms with Gasteiger partial charge < -0.3 is 9.84 Å². The minimum atomic E-state index is -0.710. The van der Waals surface area contributed by atoms with Crippen LogP contribution in [0.1, 0.15) is 57.1 Å². The first-order valence-corrected chi connectivity index (χ1v) is 7.78. The number of hydrogen-bond acceptors (Lipinski definition) is 2. The fourth-order valence-electron chi connectivity index (χ4n) is 3.43. The number of carboxylic acid groups (broad SMARTS) is 1. The lowest BCUT2D eigenvalue weighted by Crippen LogP contribution is -2.39. The summed E-state index contributed by atoms with van der Waals surface area (Å²) in [5.74, 6) is -0.676. The number of hydrogen-bond donors (Lipinski definition) is 1. The van der Waals surface area contributed by atoms with Crippen LogP contribution in [0.5, 0.6) is 0 Å². The normalized spacial score (nSPS) is 18.4. The molecule has 0 bridgehead atoms. The highest BCUT2D eigenvalue weighted by Crippen LogP contribution is 2.42. The van der Waals surface area contributed by atoms with Crippen molar-refractivity contribution >= 4 is 5.97 Å². The van der Waals surface area contributed by atoms with Gasteiger partial charge in [0.1, 0.15) is 0 Å². The monoisotopic (exact) mass is 290 g/mol. The molecule has 116 valence electrons. The Morgan fingerprint density at radius 3 is 2.43 bits per heavy atom. The van der Waals surface area contributed by atoms with Gasteiger partial charge in [-0.2, -0.15) is 0 Å². The van der Waals surface area contributed by atoms with Gasteiger partial charge in [-0.25, -0.2) is 0 Å². The van der Waals surface area contributed by atoms with E-state index < -0.39 is 11.4 Å². The molecule has 1 N–H and O–H groups in total. The summed E-state index contributed by atoms with van der Waals surface area (Å²) in [6.07, 6.45) is 5.34. The van der Waals surface area contributed by atoms with Crippen LogP contribution in [0.25, 0.3) is 0 Å². The van der Waals surface area contributed by atoms with E-state index in [1.807, 2.05) is 32.0 Å². The average Bonchev–Trinajstić information content (AvgIpc) is 2.48. The van der Waals surface area contributed by atoms with E-state index in [0.717, 1.165) is 49.7 Å². The van der Waals surface area contributed by atoms with Crippen LogP contribution in [0.4, 0.5) is 0 Å². The van der Waals surface area contributed by atoms with Crippen molar-refractivity contribution in [3.8, 4) is 0 Å². The number of aliphatic carboxylic acids is 1. The van der Waals surface area contributed by atoms with Crippen LogP contribution in [0.2, 0.25) is 0 Å². The zero-order chi connectivity index (χ0) is 15.5. The van der Waals surface area contributed by atoms with E-state index in [2.05, 4.69) is 6.07 Å². The highest BCUT2D eigenvalue weighted by Gasteiger charge is 2.42. The second kappa shape index (κ2) is 6.18. The summed E-state index contributed by atoms with van der Waals surface area (Å²) >= 11 is 0. The summed E-state index contributed by atoms with van der Waals surface area (Å²) in [7, 11) is 1.70. The molecule has 21 heavy (non-hydrogen) atoms. The Balaban J connectivity index is 2.44. The summed E-state index contributed by atoms with van der Waals surface area (Å²) < 4.78 is 5.53. The van der Waals surface area contributed by atoms with Crippen LogP contribution < -0.4 is 0 Å². The molecule has 0 radical (unpaired) electrons. The number of carbonyl (C=O) groups is 1. The van der Waals surface area contributed by atoms with Crippen molar-refractivity contribution in [1.29, 1.82) is 0 Å². The molecule has 0 aromatic heterocycles. The summed E-state index contributed by atoms with van der Waals surface area (Å²) in [4.78, 5) is 12.0. The van der Waals surface area contributed by atoms with Gasteiger partial charge in [0, 0.05) is 13.5 Å². The molecule has 0 heterocycles. The van der Waals surface area contributed by atoms with Crippen molar-refractivity contribution in [3.05, 3.63) is 35.4 Å². The van der Waals surface area contributed by atoms with Gasteiger partial charge in [0.2, 0.25) is 0 Å². The molecule has 1 fully saturated rings. The third-order valence-electron chi connectivity index (χ3n) is 4.82. The van der Waals surface area contributed by atoms with Gasteiger partial charge in [0.15, 0.2) is 0 Å². The molecule has 1 aromatic carbocycles. The molecule has 3 heteroatoms. The van der Waals surface area contributed by atoms with Crippen molar-refractivity contribution in [3.63, 3.8) is 0 Å². The number of methoxy groups -OCH3 is 1. The van der Waals surface area contributed by atoms with Crippen LogP contribution in [-0.2, 0) is 21.4 Å². The zero-order valence-electron chi connectivity index (χ0n) is 13.3. The summed E-state index contributed by atoms with van der Waals surface area (Å²) in [6, 6.07) is 8.00. The average molecular weight is 290 g/mol. The highest BCUT2D eigenvalue weighted by atomic mass is 16.5. The molecule has 1 aromatic rings. The Bertz CT molecular complexity index is 499. The first-order valence-electron chi connectivity index (χ1n) is 7.78. The maximum absolute atomic E-state index is 12.0. The Morgan fingerprint density at radius 2 is 1.86 bits per heavy atom. The lowest BCUT2D eigenvalue weighted by Gasteiger charge is -2.36. The molecule has 2 rings (SSSR count). The van der Waals surface area contributed by atoms with Crippen LogP contribution in [0.3, 0.4) is 0 Å². The molecule has 1 aliphatic carbocycles. The van der Waals surface area contributed by atoms with Gasteiger partial charge in [-0.1, -0.05) is 43.5 Å². The van der Waals surface area contributed by atoms with Crippen LogP contribution in [0, 0.1) is 0 Å². The molecule has 1 aliphatic rings. The SMILES string of the molecule is COC(C)(C)Cc1ccccc1C1(C(=O)O)CCCCC1. The van der Waals surface area contributed by atoms with Crippen molar-refractivity contribution in [1.82, 2.24) is 0 Å². The smallest absolute Gasteiger partial charge is 0.314 e. The Kier molecular flexibility index (Phi) is 4.72. The fraction of sp³-hybridized carbons (Fsp3) is 0.611. The summed E-state index contributed by atoms with van der Waals surface area (Å²) in [5.41, 5.74) is 1.10. The maximum Gasteiger partial charge on any atom is 0.314 e. The van der Waals surface area contributed by atoms with Gasteiger partial charge in [-0.15, -0.1) is 0 Å². The standard InChI is InChI=1S/C18H26O3/c1-17(2,21-3)13-14-9-5-6-10-15(14)18(16(19)20)11-7-4-8-12-18/h5-6,9-10H,4,7-8,11-13H2,1-3H3,(H,19,20). The Hall–Kier alpha value is -1.35. The van der Waals surface area contributed by atoms with Gasteiger partial charge in [0.05, 0.1) is 11.0 Å². The van der Waals surface area contributed by atoms with E-state index in [1.54, 1.807) is 7.11 Å². The molecule has 1 saturated carbocycles. The summed E-state index contributed by atoms with van der Waals surface area (Å²) in [5, 5.41) is 9.89. The first kappa shape index (κ1) is 16.0. The molecular formula is C18H26O3. The maximum atomic E-state index is 12.0. The minimum absolute atomic E-state index is 0.287. The quantitative estimate of drug-likeness (QED) is 0.893. The molecule has 0 saturated heterocycles. The predicted octanol–water partition coefficient (Wildman–Crippen LogP) is 3.94. The molecular weight excluding hydrogens is 264 g/mol. The lowest BCUT2D eigenvalue weighted by molar-refractivity contribution is -0.145. The van der Waals surface area contributed by atoms with Crippen LogP contribution in [0.15, 0.2) is 24.3 Å². The number of ether oxygens (including phenoxy) is 1. The highest BCUT2D eigenvalue weighted by molar-refractivity contribution is 5.82. The van der Waals surface area contributed by atoms with Gasteiger partial charge in [-0.05, 0) is 37.8 Å². The largest absolute Gasteiger partial charge is 0.481 e. The van der Waals surface area contributed by atoms with E-state index in [0.29, 0.717) is 0 Å². The topological polar surface area (TPSA) is 46.5 Å². The second-order valence-electron chi connectivity index (χ2n) is 6.75. The number of rotatable bonds is 5. The van der Waals surface area contributed by atoms with Crippen molar-refractivity contribution in [2.24, 2.45) is 0 Å². The van der Waals surface area contributed by atoms with E-state index in [4.69, 9.17) is 4.74 Å². The molecule has 0 atom stereocenters. The van der Waals surface area contributed by atoms with Crippen LogP contribution >= 0.6 is 0 Å². The lowest BCUT2D eigenvalue weighted by atomic mass is 9.67.